The predicted molar refractivity (Wildman–Crippen MR) is 119 cm³/mol. The second-order valence-electron chi connectivity index (χ2n) is 8.15. The van der Waals surface area contributed by atoms with E-state index in [4.69, 9.17) is 5.73 Å². The van der Waals surface area contributed by atoms with Crippen LogP contribution in [0.4, 0.5) is 10.7 Å². The third-order valence-corrected chi connectivity index (χ3v) is 7.38. The highest BCUT2D eigenvalue weighted by atomic mass is 32.1. The number of carbonyl (C=O) groups excluding carboxylic acids is 2. The van der Waals surface area contributed by atoms with Gasteiger partial charge in [0.2, 0.25) is 11.8 Å². The molecule has 1 aromatic heterocycles. The Bertz CT molecular complexity index is 1020. The molecule has 0 saturated carbocycles. The van der Waals surface area contributed by atoms with Gasteiger partial charge in [-0.05, 0) is 56.2 Å². The number of nitrogens with one attached hydrogen (secondary N) is 1. The molecule has 2 heterocycles. The molecular weight excluding hydrogens is 396 g/mol. The number of anilines is 2. The van der Waals surface area contributed by atoms with Gasteiger partial charge in [-0.15, -0.1) is 11.3 Å². The maximum atomic E-state index is 13.0. The molecule has 2 amide bonds. The summed E-state index contributed by atoms with van der Waals surface area (Å²) in [6, 6.07) is 9.95. The normalized spacial score (nSPS) is 20.5. The van der Waals surface area contributed by atoms with E-state index in [-0.39, 0.29) is 30.3 Å². The van der Waals surface area contributed by atoms with Crippen molar-refractivity contribution in [2.24, 2.45) is 5.73 Å². The highest BCUT2D eigenvalue weighted by Crippen LogP contribution is 2.39. The van der Waals surface area contributed by atoms with Crippen molar-refractivity contribution in [3.8, 4) is 6.07 Å². The molecule has 2 aromatic rings. The SMILES string of the molecule is CC1CC(C(N)=O)c2ccccc2N1CC(=O)Nc1sc2c(c1C#N)CCCCC2. The molecule has 0 fully saturated rings. The lowest BCUT2D eigenvalue weighted by atomic mass is 9.85. The lowest BCUT2D eigenvalue weighted by molar-refractivity contribution is -0.119. The third-order valence-electron chi connectivity index (χ3n) is 6.17. The largest absolute Gasteiger partial charge is 0.369 e. The summed E-state index contributed by atoms with van der Waals surface area (Å²) in [4.78, 5) is 28.1. The maximum Gasteiger partial charge on any atom is 0.244 e. The fraction of sp³-hybridized carbons (Fsp3) is 0.435. The standard InChI is InChI=1S/C23H26N4O2S/c1-14-11-17(22(25)29)15-7-5-6-9-19(15)27(14)13-21(28)26-23-18(12-24)16-8-3-2-4-10-20(16)30-23/h5-7,9,14,17H,2-4,8,10-11,13H2,1H3,(H2,25,29)(H,26,28). The van der Waals surface area contributed by atoms with E-state index in [9.17, 15) is 14.9 Å². The molecule has 2 atom stereocenters. The van der Waals surface area contributed by atoms with Gasteiger partial charge in [0.15, 0.2) is 0 Å². The zero-order chi connectivity index (χ0) is 21.3. The van der Waals surface area contributed by atoms with Gasteiger partial charge in [0.1, 0.15) is 11.1 Å². The molecule has 3 N–H and O–H groups in total. The summed E-state index contributed by atoms with van der Waals surface area (Å²) in [6.07, 6.45) is 5.89. The van der Waals surface area contributed by atoms with E-state index in [1.165, 1.54) is 11.3 Å². The summed E-state index contributed by atoms with van der Waals surface area (Å²) < 4.78 is 0. The number of carbonyl (C=O) groups is 2. The molecule has 1 aromatic carbocycles. The molecule has 7 heteroatoms. The molecule has 4 rings (SSSR count). The minimum Gasteiger partial charge on any atom is -0.369 e. The average molecular weight is 423 g/mol. The van der Waals surface area contributed by atoms with Crippen molar-refractivity contribution < 1.29 is 9.59 Å². The van der Waals surface area contributed by atoms with Crippen LogP contribution in [-0.4, -0.2) is 24.4 Å². The quantitative estimate of drug-likeness (QED) is 0.734. The number of para-hydroxylation sites is 1. The van der Waals surface area contributed by atoms with Crippen molar-refractivity contribution in [3.63, 3.8) is 0 Å². The Hall–Kier alpha value is -2.85. The van der Waals surface area contributed by atoms with Gasteiger partial charge >= 0.3 is 0 Å². The van der Waals surface area contributed by atoms with Gasteiger partial charge in [0.25, 0.3) is 0 Å². The molecule has 156 valence electrons. The number of aryl methyl sites for hydroxylation is 1. The molecule has 0 saturated heterocycles. The molecule has 0 spiro atoms. The number of nitrogens with zero attached hydrogens (tertiary/aromatic N) is 2. The van der Waals surface area contributed by atoms with Crippen LogP contribution in [0.5, 0.6) is 0 Å². The number of benzene rings is 1. The molecule has 0 radical (unpaired) electrons. The summed E-state index contributed by atoms with van der Waals surface area (Å²) in [5, 5.41) is 13.4. The smallest absolute Gasteiger partial charge is 0.244 e. The maximum absolute atomic E-state index is 13.0. The van der Waals surface area contributed by atoms with E-state index in [0.29, 0.717) is 17.0 Å². The third kappa shape index (κ3) is 3.80. The average Bonchev–Trinajstić information content (AvgIpc) is 2.88. The molecule has 2 aliphatic rings. The molecule has 6 nitrogen and oxygen atoms in total. The molecular formula is C23H26N4O2S. The number of hydrogen-bond donors (Lipinski definition) is 2. The first-order valence-electron chi connectivity index (χ1n) is 10.5. The van der Waals surface area contributed by atoms with Gasteiger partial charge in [0, 0.05) is 16.6 Å². The Labute approximate surface area is 180 Å². The van der Waals surface area contributed by atoms with Crippen LogP contribution in [0.2, 0.25) is 0 Å². The summed E-state index contributed by atoms with van der Waals surface area (Å²) in [5.74, 6) is -0.826. The van der Waals surface area contributed by atoms with E-state index in [2.05, 4.69) is 11.4 Å². The Morgan fingerprint density at radius 2 is 2.03 bits per heavy atom. The lowest BCUT2D eigenvalue weighted by Gasteiger charge is -2.39. The Morgan fingerprint density at radius 1 is 1.27 bits per heavy atom. The Kier molecular flexibility index (Phi) is 5.78. The summed E-state index contributed by atoms with van der Waals surface area (Å²) in [7, 11) is 0. The van der Waals surface area contributed by atoms with Crippen molar-refractivity contribution >= 4 is 33.8 Å². The molecule has 1 aliphatic carbocycles. The molecule has 0 bridgehead atoms. The first-order chi connectivity index (χ1) is 14.5. The number of hydrogen-bond acceptors (Lipinski definition) is 5. The second-order valence-corrected chi connectivity index (χ2v) is 9.26. The number of thiophene rings is 1. The van der Waals surface area contributed by atoms with Crippen molar-refractivity contribution in [2.45, 2.75) is 57.4 Å². The van der Waals surface area contributed by atoms with Crippen molar-refractivity contribution in [2.75, 3.05) is 16.8 Å². The van der Waals surface area contributed by atoms with Crippen LogP contribution in [0.3, 0.4) is 0 Å². The highest BCUT2D eigenvalue weighted by molar-refractivity contribution is 7.16. The zero-order valence-electron chi connectivity index (χ0n) is 17.1. The van der Waals surface area contributed by atoms with Crippen molar-refractivity contribution in [1.82, 2.24) is 0 Å². The van der Waals surface area contributed by atoms with Crippen LogP contribution in [-0.2, 0) is 22.4 Å². The number of primary amides is 1. The van der Waals surface area contributed by atoms with Crippen LogP contribution in [0.15, 0.2) is 24.3 Å². The van der Waals surface area contributed by atoms with E-state index in [1.54, 1.807) is 11.3 Å². The number of rotatable bonds is 4. The predicted octanol–water partition coefficient (Wildman–Crippen LogP) is 3.69. The topological polar surface area (TPSA) is 99.2 Å². The number of amides is 2. The fourth-order valence-corrected chi connectivity index (χ4v) is 5.91. The molecule has 30 heavy (non-hydrogen) atoms. The van der Waals surface area contributed by atoms with Crippen LogP contribution in [0.25, 0.3) is 0 Å². The Morgan fingerprint density at radius 3 is 2.80 bits per heavy atom. The van der Waals surface area contributed by atoms with E-state index >= 15 is 0 Å². The van der Waals surface area contributed by atoms with E-state index in [0.717, 1.165) is 42.5 Å². The number of fused-ring (bicyclic) bond motifs is 2. The first kappa shape index (κ1) is 20.4. The van der Waals surface area contributed by atoms with Crippen molar-refractivity contribution in [1.29, 1.82) is 5.26 Å². The van der Waals surface area contributed by atoms with Crippen LogP contribution in [0, 0.1) is 11.3 Å². The summed E-state index contributed by atoms with van der Waals surface area (Å²) in [6.45, 7) is 2.17. The summed E-state index contributed by atoms with van der Waals surface area (Å²) in [5.41, 5.74) is 9.11. The van der Waals surface area contributed by atoms with E-state index in [1.807, 2.05) is 36.1 Å². The number of nitriles is 1. The van der Waals surface area contributed by atoms with Gasteiger partial charge in [-0.3, -0.25) is 9.59 Å². The molecule has 1 aliphatic heterocycles. The van der Waals surface area contributed by atoms with Gasteiger partial charge in [-0.25, -0.2) is 0 Å². The van der Waals surface area contributed by atoms with Gasteiger partial charge in [-0.1, -0.05) is 24.6 Å². The van der Waals surface area contributed by atoms with Crippen molar-refractivity contribution in [3.05, 3.63) is 45.8 Å². The number of nitrogens with two attached hydrogens (primary N) is 1. The summed E-state index contributed by atoms with van der Waals surface area (Å²) >= 11 is 1.55. The van der Waals surface area contributed by atoms with Gasteiger partial charge in [0.05, 0.1) is 18.0 Å². The second kappa shape index (κ2) is 8.49. The minimum atomic E-state index is -0.339. The van der Waals surface area contributed by atoms with Crippen LogP contribution < -0.4 is 16.0 Å². The highest BCUT2D eigenvalue weighted by Gasteiger charge is 2.34. The first-order valence-corrected chi connectivity index (χ1v) is 11.3. The monoisotopic (exact) mass is 422 g/mol. The van der Waals surface area contributed by atoms with Crippen LogP contribution in [0.1, 0.15) is 60.1 Å². The zero-order valence-corrected chi connectivity index (χ0v) is 17.9. The Balaban J connectivity index is 1.55. The lowest BCUT2D eigenvalue weighted by Crippen LogP contribution is -2.45. The van der Waals surface area contributed by atoms with Gasteiger partial charge < -0.3 is 16.0 Å². The molecule has 2 unspecified atom stereocenters. The van der Waals surface area contributed by atoms with Crippen LogP contribution >= 0.6 is 11.3 Å². The minimum absolute atomic E-state index is 0.00126. The van der Waals surface area contributed by atoms with Gasteiger partial charge in [-0.2, -0.15) is 5.26 Å². The van der Waals surface area contributed by atoms with E-state index < -0.39 is 0 Å². The fourth-order valence-electron chi connectivity index (χ4n) is 4.66.